The highest BCUT2D eigenvalue weighted by atomic mass is 32.1. The summed E-state index contributed by atoms with van der Waals surface area (Å²) in [4.78, 5) is 19.4. The number of fused-ring (bicyclic) bond motifs is 1. The summed E-state index contributed by atoms with van der Waals surface area (Å²) in [5.41, 5.74) is 1.58. The van der Waals surface area contributed by atoms with Gasteiger partial charge in [-0.05, 0) is 44.2 Å². The van der Waals surface area contributed by atoms with Gasteiger partial charge in [0.15, 0.2) is 11.5 Å². The molecule has 2 heterocycles. The zero-order valence-corrected chi connectivity index (χ0v) is 18.1. The Kier molecular flexibility index (Phi) is 6.38. The van der Waals surface area contributed by atoms with Crippen molar-refractivity contribution in [3.8, 4) is 16.7 Å². The van der Waals surface area contributed by atoms with Crippen molar-refractivity contribution in [2.75, 3.05) is 26.3 Å². The summed E-state index contributed by atoms with van der Waals surface area (Å²) in [5, 5.41) is 0.703. The summed E-state index contributed by atoms with van der Waals surface area (Å²) < 4.78 is 18.5. The van der Waals surface area contributed by atoms with E-state index in [1.165, 1.54) is 0 Å². The smallest absolute Gasteiger partial charge is 0.274 e. The molecule has 0 aliphatic carbocycles. The fourth-order valence-corrected chi connectivity index (χ4v) is 4.47. The Morgan fingerprint density at radius 3 is 2.53 bits per heavy atom. The number of carbonyl (C=O) groups excluding carboxylic acids is 1. The molecule has 7 heteroatoms. The van der Waals surface area contributed by atoms with Crippen molar-refractivity contribution in [3.05, 3.63) is 48.0 Å². The molecule has 0 atom stereocenters. The Morgan fingerprint density at radius 2 is 1.80 bits per heavy atom. The number of thiazole rings is 1. The molecular formula is C23H26N2O4S. The Balaban J connectivity index is 1.37. The lowest BCUT2D eigenvalue weighted by Gasteiger charge is -2.31. The number of aromatic nitrogens is 1. The molecule has 0 bridgehead atoms. The lowest BCUT2D eigenvalue weighted by atomic mass is 10.1. The molecule has 1 saturated heterocycles. The van der Waals surface area contributed by atoms with Crippen molar-refractivity contribution >= 4 is 27.5 Å². The lowest BCUT2D eigenvalue weighted by Crippen LogP contribution is -2.41. The van der Waals surface area contributed by atoms with Crippen LogP contribution in [0.4, 0.5) is 0 Å². The normalized spacial score (nSPS) is 14.7. The maximum absolute atomic E-state index is 13.0. The molecule has 6 nitrogen and oxygen atoms in total. The van der Waals surface area contributed by atoms with Gasteiger partial charge in [0.1, 0.15) is 6.10 Å². The minimum absolute atomic E-state index is 0.0115. The van der Waals surface area contributed by atoms with Gasteiger partial charge < -0.3 is 19.1 Å². The number of piperidine rings is 1. The Hall–Kier alpha value is -2.80. The first kappa shape index (κ1) is 20.5. The van der Waals surface area contributed by atoms with Gasteiger partial charge in [0, 0.05) is 31.5 Å². The van der Waals surface area contributed by atoms with E-state index in [9.17, 15) is 4.79 Å². The zero-order valence-electron chi connectivity index (χ0n) is 17.3. The standard InChI is InChI=1S/C23H26N2O4S/c1-3-27-19-10-9-16(15-20(19)28-4-2)22(26)25-13-11-17(12-14-25)29-23-24-18-7-5-6-8-21(18)30-23/h5-10,15,17H,3-4,11-14H2,1-2H3. The second-order valence-corrected chi connectivity index (χ2v) is 8.08. The molecule has 158 valence electrons. The lowest BCUT2D eigenvalue weighted by molar-refractivity contribution is 0.0595. The first-order valence-corrected chi connectivity index (χ1v) is 11.2. The Bertz CT molecular complexity index is 978. The van der Waals surface area contributed by atoms with E-state index in [2.05, 4.69) is 11.1 Å². The monoisotopic (exact) mass is 426 g/mol. The SMILES string of the molecule is CCOc1ccc(C(=O)N2CCC(Oc3nc4ccccc4s3)CC2)cc1OCC. The van der Waals surface area contributed by atoms with Crippen LogP contribution < -0.4 is 14.2 Å². The van der Waals surface area contributed by atoms with Crippen LogP contribution in [0.3, 0.4) is 0 Å². The van der Waals surface area contributed by atoms with Crippen molar-refractivity contribution in [3.63, 3.8) is 0 Å². The van der Waals surface area contributed by atoms with Gasteiger partial charge in [-0.15, -0.1) is 0 Å². The van der Waals surface area contributed by atoms with Gasteiger partial charge in [0.25, 0.3) is 11.1 Å². The van der Waals surface area contributed by atoms with Crippen molar-refractivity contribution in [2.45, 2.75) is 32.8 Å². The minimum atomic E-state index is 0.0115. The molecule has 1 aliphatic rings. The summed E-state index contributed by atoms with van der Waals surface area (Å²) in [6.45, 7) is 6.23. The number of amides is 1. The highest BCUT2D eigenvalue weighted by Crippen LogP contribution is 2.31. The van der Waals surface area contributed by atoms with E-state index in [1.54, 1.807) is 23.5 Å². The number of likely N-dealkylation sites (tertiary alicyclic amines) is 1. The third kappa shape index (κ3) is 4.51. The van der Waals surface area contributed by atoms with Crippen LogP contribution in [0.2, 0.25) is 0 Å². The van der Waals surface area contributed by atoms with Crippen molar-refractivity contribution in [1.29, 1.82) is 0 Å². The van der Waals surface area contributed by atoms with Crippen LogP contribution in [0.1, 0.15) is 37.0 Å². The van der Waals surface area contributed by atoms with Crippen LogP contribution in [-0.4, -0.2) is 48.2 Å². The van der Waals surface area contributed by atoms with E-state index in [0.29, 0.717) is 48.6 Å². The summed E-state index contributed by atoms with van der Waals surface area (Å²) in [6.07, 6.45) is 1.66. The van der Waals surface area contributed by atoms with Gasteiger partial charge >= 0.3 is 0 Å². The highest BCUT2D eigenvalue weighted by Gasteiger charge is 2.26. The number of para-hydroxylation sites is 1. The average molecular weight is 427 g/mol. The predicted octanol–water partition coefficient (Wildman–Crippen LogP) is 4.78. The van der Waals surface area contributed by atoms with Gasteiger partial charge in [-0.3, -0.25) is 4.79 Å². The van der Waals surface area contributed by atoms with Crippen LogP contribution in [0.5, 0.6) is 16.7 Å². The number of rotatable bonds is 7. The van der Waals surface area contributed by atoms with Crippen molar-refractivity contribution < 1.29 is 19.0 Å². The first-order chi connectivity index (χ1) is 14.7. The average Bonchev–Trinajstić information content (AvgIpc) is 3.17. The summed E-state index contributed by atoms with van der Waals surface area (Å²) in [7, 11) is 0. The molecule has 0 saturated carbocycles. The largest absolute Gasteiger partial charge is 0.490 e. The molecule has 0 spiro atoms. The third-order valence-electron chi connectivity index (χ3n) is 5.06. The minimum Gasteiger partial charge on any atom is -0.490 e. The summed E-state index contributed by atoms with van der Waals surface area (Å²) >= 11 is 1.57. The third-order valence-corrected chi connectivity index (χ3v) is 5.99. The van der Waals surface area contributed by atoms with Gasteiger partial charge in [0.2, 0.25) is 0 Å². The van der Waals surface area contributed by atoms with E-state index in [-0.39, 0.29) is 12.0 Å². The number of hydrogen-bond acceptors (Lipinski definition) is 6. The van der Waals surface area contributed by atoms with Crippen molar-refractivity contribution in [1.82, 2.24) is 9.88 Å². The molecule has 1 aromatic heterocycles. The first-order valence-electron chi connectivity index (χ1n) is 10.4. The van der Waals surface area contributed by atoms with E-state index in [4.69, 9.17) is 14.2 Å². The van der Waals surface area contributed by atoms with Gasteiger partial charge in [-0.2, -0.15) is 0 Å². The summed E-state index contributed by atoms with van der Waals surface area (Å²) in [6, 6.07) is 13.4. The van der Waals surface area contributed by atoms with Crippen LogP contribution in [-0.2, 0) is 0 Å². The van der Waals surface area contributed by atoms with Crippen LogP contribution in [0.15, 0.2) is 42.5 Å². The second-order valence-electron chi connectivity index (χ2n) is 7.08. The number of nitrogens with zero attached hydrogens (tertiary/aromatic N) is 2. The van der Waals surface area contributed by atoms with E-state index >= 15 is 0 Å². The molecule has 3 aromatic rings. The fraction of sp³-hybridized carbons (Fsp3) is 0.391. The molecule has 30 heavy (non-hydrogen) atoms. The molecule has 1 amide bonds. The highest BCUT2D eigenvalue weighted by molar-refractivity contribution is 7.20. The molecular weight excluding hydrogens is 400 g/mol. The second kappa shape index (κ2) is 9.34. The van der Waals surface area contributed by atoms with E-state index < -0.39 is 0 Å². The fourth-order valence-electron chi connectivity index (χ4n) is 3.59. The van der Waals surface area contributed by atoms with Crippen molar-refractivity contribution in [2.24, 2.45) is 0 Å². The van der Waals surface area contributed by atoms with E-state index in [1.807, 2.05) is 43.0 Å². The maximum Gasteiger partial charge on any atom is 0.274 e. The molecule has 0 radical (unpaired) electrons. The zero-order chi connectivity index (χ0) is 20.9. The molecule has 1 fully saturated rings. The molecule has 1 aliphatic heterocycles. The number of benzene rings is 2. The number of ether oxygens (including phenoxy) is 3. The number of hydrogen-bond donors (Lipinski definition) is 0. The maximum atomic E-state index is 13.0. The molecule has 0 unspecified atom stereocenters. The molecule has 4 rings (SSSR count). The van der Waals surface area contributed by atoms with E-state index in [0.717, 1.165) is 23.1 Å². The molecule has 0 N–H and O–H groups in total. The Labute approximate surface area is 180 Å². The topological polar surface area (TPSA) is 60.9 Å². The van der Waals surface area contributed by atoms with Gasteiger partial charge in [0.05, 0.1) is 23.4 Å². The van der Waals surface area contributed by atoms with Crippen LogP contribution >= 0.6 is 11.3 Å². The van der Waals surface area contributed by atoms with Crippen LogP contribution in [0, 0.1) is 0 Å². The number of carbonyl (C=O) groups is 1. The quantitative estimate of drug-likeness (QED) is 0.544. The molecule has 2 aromatic carbocycles. The Morgan fingerprint density at radius 1 is 1.07 bits per heavy atom. The summed E-state index contributed by atoms with van der Waals surface area (Å²) in [5.74, 6) is 1.29. The van der Waals surface area contributed by atoms with Crippen LogP contribution in [0.25, 0.3) is 10.2 Å². The predicted molar refractivity (Wildman–Crippen MR) is 118 cm³/mol. The van der Waals surface area contributed by atoms with Gasteiger partial charge in [-0.25, -0.2) is 4.98 Å². The van der Waals surface area contributed by atoms with Gasteiger partial charge in [-0.1, -0.05) is 23.5 Å².